The molecule has 2 aromatic carbocycles. The van der Waals surface area contributed by atoms with Crippen molar-refractivity contribution in [2.24, 2.45) is 5.92 Å². The minimum Gasteiger partial charge on any atom is -0.489 e. The van der Waals surface area contributed by atoms with Crippen LogP contribution in [0.3, 0.4) is 0 Å². The predicted octanol–water partition coefficient (Wildman–Crippen LogP) is 5.04. The number of ether oxygens (including phenoxy) is 2. The Morgan fingerprint density at radius 3 is 2.50 bits per heavy atom. The van der Waals surface area contributed by atoms with Crippen molar-refractivity contribution in [1.82, 2.24) is 4.57 Å². The Morgan fingerprint density at radius 2 is 1.81 bits per heavy atom. The van der Waals surface area contributed by atoms with E-state index in [2.05, 4.69) is 56.7 Å². The monoisotopic (exact) mass is 489 g/mol. The van der Waals surface area contributed by atoms with Gasteiger partial charge in [-0.1, -0.05) is 24.3 Å². The van der Waals surface area contributed by atoms with E-state index in [0.29, 0.717) is 19.0 Å². The average Bonchev–Trinajstić information content (AvgIpc) is 3.50. The first-order valence-electron chi connectivity index (χ1n) is 13.0. The molecule has 0 amide bonds. The second-order valence-corrected chi connectivity index (χ2v) is 11.0. The molecule has 7 heteroatoms. The van der Waals surface area contributed by atoms with Crippen molar-refractivity contribution in [2.45, 2.75) is 78.2 Å². The molecule has 1 aromatic heterocycles. The molecule has 3 aromatic rings. The molecule has 190 valence electrons. The molecule has 2 fully saturated rings. The van der Waals surface area contributed by atoms with E-state index in [-0.39, 0.29) is 12.4 Å². The van der Waals surface area contributed by atoms with Crippen LogP contribution in [0, 0.1) is 5.92 Å². The molecule has 1 saturated heterocycles. The summed E-state index contributed by atoms with van der Waals surface area (Å²) in [5.74, 6) is 1.20. The zero-order valence-electron chi connectivity index (χ0n) is 22.0. The minimum absolute atomic E-state index is 0.187. The third kappa shape index (κ3) is 5.04. The molecule has 1 saturated carbocycles. The molecule has 2 heterocycles. The van der Waals surface area contributed by atoms with Crippen molar-refractivity contribution in [3.8, 4) is 5.75 Å². The van der Waals surface area contributed by atoms with E-state index in [1.54, 1.807) is 0 Å². The number of para-hydroxylation sites is 1. The standard InChI is InChI=1S/C29H36BNO5/c1-6-33-27(32)17-22-9-7-8-10-26(22)34-19-21-15-24(30-35-28(2,3)29(4,5)36-30)23-13-14-31(25(23)16-21)18-20-11-12-20/h7-10,13-16,20H,6,11-12,17-19H2,1-5H3. The molecular formula is C29H36BNO5. The largest absolute Gasteiger partial charge is 0.495 e. The smallest absolute Gasteiger partial charge is 0.489 e. The molecule has 0 atom stereocenters. The zero-order chi connectivity index (χ0) is 25.5. The molecule has 0 N–H and O–H groups in total. The van der Waals surface area contributed by atoms with E-state index < -0.39 is 18.3 Å². The Kier molecular flexibility index (Phi) is 6.64. The number of carbonyl (C=O) groups excluding carboxylic acids is 1. The highest BCUT2D eigenvalue weighted by Gasteiger charge is 2.52. The summed E-state index contributed by atoms with van der Waals surface area (Å²) in [6, 6.07) is 14.2. The first-order valence-corrected chi connectivity index (χ1v) is 13.0. The summed E-state index contributed by atoms with van der Waals surface area (Å²) in [6.07, 6.45) is 4.96. The van der Waals surface area contributed by atoms with Crippen molar-refractivity contribution in [3.05, 3.63) is 59.8 Å². The lowest BCUT2D eigenvalue weighted by atomic mass is 9.76. The van der Waals surface area contributed by atoms with Crippen molar-refractivity contribution in [3.63, 3.8) is 0 Å². The Hall–Kier alpha value is -2.77. The van der Waals surface area contributed by atoms with Gasteiger partial charge in [-0.2, -0.15) is 0 Å². The highest BCUT2D eigenvalue weighted by molar-refractivity contribution is 6.65. The van der Waals surface area contributed by atoms with Gasteiger partial charge >= 0.3 is 13.1 Å². The fourth-order valence-corrected chi connectivity index (χ4v) is 4.69. The second kappa shape index (κ2) is 9.60. The van der Waals surface area contributed by atoms with Gasteiger partial charge in [-0.3, -0.25) is 4.79 Å². The second-order valence-electron chi connectivity index (χ2n) is 11.0. The van der Waals surface area contributed by atoms with Gasteiger partial charge in [-0.05, 0) is 88.0 Å². The van der Waals surface area contributed by atoms with E-state index in [0.717, 1.165) is 34.4 Å². The summed E-state index contributed by atoms with van der Waals surface area (Å²) in [5, 5.41) is 1.15. The van der Waals surface area contributed by atoms with Crippen molar-refractivity contribution in [2.75, 3.05) is 6.61 Å². The molecular weight excluding hydrogens is 453 g/mol. The SMILES string of the molecule is CCOC(=O)Cc1ccccc1OCc1cc(B2OC(C)(C)C(C)(C)O2)c2ccn(CC3CC3)c2c1. The van der Waals surface area contributed by atoms with Crippen LogP contribution < -0.4 is 10.2 Å². The quantitative estimate of drug-likeness (QED) is 0.312. The highest BCUT2D eigenvalue weighted by atomic mass is 16.7. The summed E-state index contributed by atoms with van der Waals surface area (Å²) in [5.41, 5.74) is 3.22. The van der Waals surface area contributed by atoms with Crippen LogP contribution in [-0.4, -0.2) is 35.5 Å². The van der Waals surface area contributed by atoms with E-state index >= 15 is 0 Å². The van der Waals surface area contributed by atoms with Crippen LogP contribution in [0.15, 0.2) is 48.7 Å². The number of rotatable bonds is 9. The number of aromatic nitrogens is 1. The summed E-state index contributed by atoms with van der Waals surface area (Å²) < 4.78 is 26.6. The molecule has 0 spiro atoms. The number of hydrogen-bond donors (Lipinski definition) is 0. The minimum atomic E-state index is -0.453. The van der Waals surface area contributed by atoms with Gasteiger partial charge in [-0.25, -0.2) is 0 Å². The third-order valence-electron chi connectivity index (χ3n) is 7.65. The summed E-state index contributed by atoms with van der Waals surface area (Å²) in [4.78, 5) is 12.1. The molecule has 1 aliphatic carbocycles. The van der Waals surface area contributed by atoms with E-state index in [4.69, 9.17) is 18.8 Å². The average molecular weight is 489 g/mol. The zero-order valence-corrected chi connectivity index (χ0v) is 22.0. The van der Waals surface area contributed by atoms with Gasteiger partial charge in [-0.15, -0.1) is 0 Å². The number of nitrogens with zero attached hydrogens (tertiary/aromatic N) is 1. The van der Waals surface area contributed by atoms with Gasteiger partial charge in [0.05, 0.1) is 24.2 Å². The maximum Gasteiger partial charge on any atom is 0.495 e. The van der Waals surface area contributed by atoms with Crippen molar-refractivity contribution in [1.29, 1.82) is 0 Å². The lowest BCUT2D eigenvalue weighted by Crippen LogP contribution is -2.41. The normalized spacial score (nSPS) is 18.5. The summed E-state index contributed by atoms with van der Waals surface area (Å²) >= 11 is 0. The summed E-state index contributed by atoms with van der Waals surface area (Å²) in [6.45, 7) is 11.9. The van der Waals surface area contributed by atoms with Gasteiger partial charge < -0.3 is 23.3 Å². The molecule has 0 unspecified atom stereocenters. The van der Waals surface area contributed by atoms with Crippen LogP contribution in [0.1, 0.15) is 58.6 Å². The number of fused-ring (bicyclic) bond motifs is 1. The third-order valence-corrected chi connectivity index (χ3v) is 7.65. The lowest BCUT2D eigenvalue weighted by Gasteiger charge is -2.32. The number of esters is 1. The molecule has 6 nitrogen and oxygen atoms in total. The Bertz CT molecular complexity index is 1240. The molecule has 0 bridgehead atoms. The van der Waals surface area contributed by atoms with Crippen molar-refractivity contribution >= 4 is 29.5 Å². The van der Waals surface area contributed by atoms with Crippen LogP contribution in [0.4, 0.5) is 0 Å². The number of benzene rings is 2. The molecule has 2 aliphatic rings. The Balaban J connectivity index is 1.45. The van der Waals surface area contributed by atoms with E-state index in [9.17, 15) is 4.79 Å². The van der Waals surface area contributed by atoms with Gasteiger partial charge in [0.15, 0.2) is 0 Å². The first kappa shape index (κ1) is 24.9. The molecule has 0 radical (unpaired) electrons. The van der Waals surface area contributed by atoms with Crippen LogP contribution in [0.25, 0.3) is 10.9 Å². The fourth-order valence-electron chi connectivity index (χ4n) is 4.69. The molecule has 5 rings (SSSR count). The maximum absolute atomic E-state index is 12.1. The van der Waals surface area contributed by atoms with Crippen LogP contribution >= 0.6 is 0 Å². The van der Waals surface area contributed by atoms with E-state index in [1.807, 2.05) is 31.2 Å². The maximum atomic E-state index is 12.1. The van der Waals surface area contributed by atoms with Gasteiger partial charge in [0.25, 0.3) is 0 Å². The van der Waals surface area contributed by atoms with Crippen LogP contribution in [0.5, 0.6) is 5.75 Å². The molecule has 36 heavy (non-hydrogen) atoms. The number of carbonyl (C=O) groups is 1. The van der Waals surface area contributed by atoms with Gasteiger partial charge in [0.2, 0.25) is 0 Å². The van der Waals surface area contributed by atoms with Gasteiger partial charge in [0, 0.05) is 23.8 Å². The van der Waals surface area contributed by atoms with Gasteiger partial charge in [0.1, 0.15) is 12.4 Å². The van der Waals surface area contributed by atoms with Crippen LogP contribution in [-0.2, 0) is 38.4 Å². The summed E-state index contributed by atoms with van der Waals surface area (Å²) in [7, 11) is -0.453. The molecule has 1 aliphatic heterocycles. The van der Waals surface area contributed by atoms with E-state index in [1.165, 1.54) is 18.4 Å². The highest BCUT2D eigenvalue weighted by Crippen LogP contribution is 2.38. The lowest BCUT2D eigenvalue weighted by molar-refractivity contribution is -0.142. The first-order chi connectivity index (χ1) is 17.2. The van der Waals surface area contributed by atoms with Crippen molar-refractivity contribution < 1.29 is 23.6 Å². The Labute approximate surface area is 214 Å². The predicted molar refractivity (Wildman–Crippen MR) is 141 cm³/mol. The fraction of sp³-hybridized carbons (Fsp3) is 0.483. The van der Waals surface area contributed by atoms with Crippen LogP contribution in [0.2, 0.25) is 0 Å². The Morgan fingerprint density at radius 1 is 1.08 bits per heavy atom. The number of hydrogen-bond acceptors (Lipinski definition) is 5. The topological polar surface area (TPSA) is 58.9 Å².